The Kier molecular flexibility index (Phi) is 8.57. The summed E-state index contributed by atoms with van der Waals surface area (Å²) in [5.41, 5.74) is 24.9. The van der Waals surface area contributed by atoms with Crippen molar-refractivity contribution in [2.24, 2.45) is 0 Å². The molecule has 14 rings (SSSR count). The van der Waals surface area contributed by atoms with Gasteiger partial charge in [0, 0.05) is 21.6 Å². The van der Waals surface area contributed by atoms with Crippen LogP contribution in [-0.2, 0) is 10.8 Å². The van der Waals surface area contributed by atoms with Crippen LogP contribution in [0.15, 0.2) is 212 Å². The zero-order chi connectivity index (χ0) is 46.2. The predicted octanol–water partition coefficient (Wildman–Crippen LogP) is 18.3. The highest BCUT2D eigenvalue weighted by Crippen LogP contribution is 2.56. The molecule has 328 valence electrons. The van der Waals surface area contributed by atoms with Gasteiger partial charge in [-0.3, -0.25) is 0 Å². The maximum Gasteiger partial charge on any atom is 0.0582 e. The minimum atomic E-state index is -0.198. The first-order valence-electron chi connectivity index (χ1n) is 24.7. The van der Waals surface area contributed by atoms with Crippen LogP contribution in [0.4, 0.5) is 0 Å². The van der Waals surface area contributed by atoms with E-state index in [4.69, 9.17) is 0 Å². The molecule has 0 atom stereocenters. The third kappa shape index (κ3) is 5.83. The van der Waals surface area contributed by atoms with Gasteiger partial charge in [-0.25, -0.2) is 0 Å². The zero-order valence-corrected chi connectivity index (χ0v) is 39.6. The maximum atomic E-state index is 2.66. The second-order valence-electron chi connectivity index (χ2n) is 20.7. The lowest BCUT2D eigenvalue weighted by Gasteiger charge is -2.42. The first kappa shape index (κ1) is 40.1. The molecule has 11 aromatic rings. The van der Waals surface area contributed by atoms with Crippen LogP contribution < -0.4 is 0 Å². The number of para-hydroxylation sites is 1. The molecule has 0 spiro atoms. The van der Waals surface area contributed by atoms with Gasteiger partial charge in [-0.1, -0.05) is 216 Å². The molecule has 10 aromatic carbocycles. The number of nitrogens with zero attached hydrogens (tertiary/aromatic N) is 1. The molecule has 1 nitrogen and oxygen atoms in total. The average molecular weight is 882 g/mol. The largest absolute Gasteiger partial charge is 0.308 e. The van der Waals surface area contributed by atoms with Crippen LogP contribution in [-0.4, -0.2) is 4.57 Å². The molecule has 3 aliphatic rings. The Labute approximate surface area is 404 Å². The van der Waals surface area contributed by atoms with E-state index in [9.17, 15) is 0 Å². The summed E-state index contributed by atoms with van der Waals surface area (Å²) in [4.78, 5) is 0. The molecule has 0 radical (unpaired) electrons. The lowest BCUT2D eigenvalue weighted by atomic mass is 9.68. The number of benzene rings is 10. The Morgan fingerprint density at radius 2 is 0.710 bits per heavy atom. The van der Waals surface area contributed by atoms with Crippen molar-refractivity contribution in [2.75, 3.05) is 0 Å². The van der Waals surface area contributed by atoms with Gasteiger partial charge < -0.3 is 4.57 Å². The highest BCUT2D eigenvalue weighted by Gasteiger charge is 2.43. The fourth-order valence-corrected chi connectivity index (χ4v) is 12.7. The molecule has 0 bridgehead atoms. The van der Waals surface area contributed by atoms with Crippen molar-refractivity contribution in [1.29, 1.82) is 0 Å². The highest BCUT2D eigenvalue weighted by molar-refractivity contribution is 6.16. The molecule has 0 unspecified atom stereocenters. The van der Waals surface area contributed by atoms with E-state index in [-0.39, 0.29) is 10.8 Å². The lowest BCUT2D eigenvalue weighted by molar-refractivity contribution is 0.593. The van der Waals surface area contributed by atoms with E-state index in [0.29, 0.717) is 0 Å². The molecule has 2 aliphatic heterocycles. The Morgan fingerprint density at radius 1 is 0.304 bits per heavy atom. The van der Waals surface area contributed by atoms with Gasteiger partial charge in [0.2, 0.25) is 0 Å². The minimum absolute atomic E-state index is 0.185. The summed E-state index contributed by atoms with van der Waals surface area (Å²) in [7, 11) is 0. The lowest BCUT2D eigenvalue weighted by Crippen LogP contribution is -2.33. The van der Waals surface area contributed by atoms with Gasteiger partial charge in [0.15, 0.2) is 0 Å². The smallest absolute Gasteiger partial charge is 0.0582 e. The van der Waals surface area contributed by atoms with E-state index in [2.05, 4.69) is 245 Å². The van der Waals surface area contributed by atoms with E-state index < -0.39 is 0 Å². The van der Waals surface area contributed by atoms with Crippen LogP contribution in [0.5, 0.6) is 0 Å². The van der Waals surface area contributed by atoms with Crippen molar-refractivity contribution in [3.8, 4) is 50.2 Å². The quantitative estimate of drug-likeness (QED) is 0.157. The van der Waals surface area contributed by atoms with E-state index >= 15 is 0 Å². The van der Waals surface area contributed by atoms with Gasteiger partial charge in [-0.15, -0.1) is 0 Å². The molecule has 1 aliphatic carbocycles. The SMILES string of the molecule is CC1(C)c2cccc3c2-n2c4c1cc(C1=CC=C(c5cccc6c(-c7ccccc7)cccc56)CC1)cc4c1cc(-c4ccc(-c5cccc6c(-c7ccccc7)cccc56)cc4)cc(c12)C3(C)C. The van der Waals surface area contributed by atoms with Gasteiger partial charge in [0.1, 0.15) is 0 Å². The van der Waals surface area contributed by atoms with Gasteiger partial charge >= 0.3 is 0 Å². The fraction of sp³-hybridized carbons (Fsp3) is 0.118. The summed E-state index contributed by atoms with van der Waals surface area (Å²) in [6.45, 7) is 9.79. The van der Waals surface area contributed by atoms with E-state index in [1.807, 2.05) is 0 Å². The van der Waals surface area contributed by atoms with Crippen LogP contribution in [0.25, 0.3) is 105 Å². The molecular weight excluding hydrogens is 831 g/mol. The van der Waals surface area contributed by atoms with Gasteiger partial charge in [-0.05, 0) is 148 Å². The van der Waals surface area contributed by atoms with Gasteiger partial charge in [-0.2, -0.15) is 0 Å². The third-order valence-electron chi connectivity index (χ3n) is 16.3. The number of allylic oxidation sites excluding steroid dienone is 4. The monoisotopic (exact) mass is 881 g/mol. The summed E-state index contributed by atoms with van der Waals surface area (Å²) >= 11 is 0. The summed E-state index contributed by atoms with van der Waals surface area (Å²) in [5.74, 6) is 0. The van der Waals surface area contributed by atoms with Crippen molar-refractivity contribution in [1.82, 2.24) is 4.57 Å². The number of rotatable bonds is 6. The molecule has 3 heterocycles. The first-order valence-corrected chi connectivity index (χ1v) is 24.7. The van der Waals surface area contributed by atoms with Crippen LogP contribution >= 0.6 is 0 Å². The van der Waals surface area contributed by atoms with Crippen molar-refractivity contribution in [3.63, 3.8) is 0 Å². The Morgan fingerprint density at radius 3 is 1.22 bits per heavy atom. The molecule has 0 fully saturated rings. The van der Waals surface area contributed by atoms with Crippen molar-refractivity contribution >= 4 is 54.5 Å². The van der Waals surface area contributed by atoms with Crippen LogP contribution in [0.2, 0.25) is 0 Å². The number of hydrogen-bond acceptors (Lipinski definition) is 0. The fourth-order valence-electron chi connectivity index (χ4n) is 12.7. The van der Waals surface area contributed by atoms with Gasteiger partial charge in [0.25, 0.3) is 0 Å². The molecule has 69 heavy (non-hydrogen) atoms. The predicted molar refractivity (Wildman–Crippen MR) is 293 cm³/mol. The maximum absolute atomic E-state index is 2.66. The molecule has 0 N–H and O–H groups in total. The van der Waals surface area contributed by atoms with Crippen LogP contribution in [0, 0.1) is 0 Å². The first-order chi connectivity index (χ1) is 33.7. The molecule has 1 aromatic heterocycles. The minimum Gasteiger partial charge on any atom is -0.308 e. The second-order valence-corrected chi connectivity index (χ2v) is 20.7. The second kappa shape index (κ2) is 14.7. The Hall–Kier alpha value is -8.00. The summed E-state index contributed by atoms with van der Waals surface area (Å²) in [6, 6.07) is 75.1. The van der Waals surface area contributed by atoms with Crippen LogP contribution in [0.3, 0.4) is 0 Å². The van der Waals surface area contributed by atoms with Gasteiger partial charge in [0.05, 0.1) is 16.7 Å². The summed E-state index contributed by atoms with van der Waals surface area (Å²) in [5, 5.41) is 7.87. The standard InChI is InChI=1S/C68H51N/c1-67(2)60-28-15-29-61-66(60)69-64-58(38-48(40-62(64)67)42-30-34-46(35-31-42)52-22-13-24-54-50(20-11-26-56(52)54)44-16-7-5-8-17-44)59-39-49(41-63(65(59)69)68(61,3)4)43-32-36-47(37-33-43)53-23-14-25-55-51(21-12-27-57(53)55)45-18-9-6-10-19-45/h5-32,34-36,38-41H,33,37H2,1-4H3. The Balaban J connectivity index is 0.916. The normalized spacial score (nSPS) is 15.2. The average Bonchev–Trinajstić information content (AvgIpc) is 3.73. The zero-order valence-electron chi connectivity index (χ0n) is 39.6. The molecule has 0 amide bonds. The highest BCUT2D eigenvalue weighted by atomic mass is 15.0. The molecular formula is C68H51N. The van der Waals surface area contributed by atoms with E-state index in [1.54, 1.807) is 0 Å². The number of hydrogen-bond donors (Lipinski definition) is 0. The van der Waals surface area contributed by atoms with Crippen molar-refractivity contribution < 1.29 is 0 Å². The summed E-state index contributed by atoms with van der Waals surface area (Å²) < 4.78 is 2.66. The number of fused-ring (bicyclic) bond motifs is 3. The topological polar surface area (TPSA) is 4.93 Å². The molecule has 1 heteroatoms. The summed E-state index contributed by atoms with van der Waals surface area (Å²) in [6.07, 6.45) is 6.82. The van der Waals surface area contributed by atoms with Crippen LogP contribution in [0.1, 0.15) is 73.9 Å². The third-order valence-corrected chi connectivity index (χ3v) is 16.3. The van der Waals surface area contributed by atoms with E-state index in [0.717, 1.165) is 12.8 Å². The van der Waals surface area contributed by atoms with Crippen molar-refractivity contribution in [3.05, 3.63) is 246 Å². The van der Waals surface area contributed by atoms with E-state index in [1.165, 1.54) is 138 Å². The Bertz CT molecular complexity index is 4020. The molecule has 0 saturated carbocycles. The van der Waals surface area contributed by atoms with Crippen molar-refractivity contribution in [2.45, 2.75) is 51.4 Å². The molecule has 0 saturated heterocycles. The number of aromatic nitrogens is 1.